The second-order valence-corrected chi connectivity index (χ2v) is 12.7. The smallest absolute Gasteiger partial charge is 0.262 e. The van der Waals surface area contributed by atoms with E-state index in [9.17, 15) is 4.79 Å². The highest BCUT2D eigenvalue weighted by Gasteiger charge is 2.25. The second kappa shape index (κ2) is 15.8. The lowest BCUT2D eigenvalue weighted by atomic mass is 9.92. The molecule has 0 bridgehead atoms. The van der Waals surface area contributed by atoms with Gasteiger partial charge in [0.05, 0.1) is 18.3 Å². The Kier molecular flexibility index (Phi) is 11.3. The Morgan fingerprint density at radius 1 is 1.14 bits per heavy atom. The van der Waals surface area contributed by atoms with Gasteiger partial charge in [0.1, 0.15) is 4.83 Å². The van der Waals surface area contributed by atoms with Crippen LogP contribution < -0.4 is 10.9 Å². The maximum absolute atomic E-state index is 13.5. The van der Waals surface area contributed by atoms with Gasteiger partial charge in [-0.1, -0.05) is 98.7 Å². The number of rotatable bonds is 10. The molecule has 4 nitrogen and oxygen atoms in total. The number of thiophene rings is 1. The molecule has 2 unspecified atom stereocenters. The molecule has 0 saturated heterocycles. The molecule has 0 aliphatic heterocycles. The number of nitrogens with zero attached hydrogens (tertiary/aromatic N) is 2. The molecule has 2 atom stereocenters. The Labute approximate surface area is 262 Å². The summed E-state index contributed by atoms with van der Waals surface area (Å²) in [6.45, 7) is 7.80. The number of aryl methyl sites for hydroxylation is 1. The molecule has 2 heterocycles. The van der Waals surface area contributed by atoms with Gasteiger partial charge >= 0.3 is 0 Å². The van der Waals surface area contributed by atoms with E-state index < -0.39 is 0 Å². The van der Waals surface area contributed by atoms with E-state index in [1.54, 1.807) is 22.2 Å². The highest BCUT2D eigenvalue weighted by Crippen LogP contribution is 2.34. The first-order chi connectivity index (χ1) is 21.2. The van der Waals surface area contributed by atoms with Crippen molar-refractivity contribution in [1.29, 1.82) is 0 Å². The Hall–Kier alpha value is -3.54. The van der Waals surface area contributed by atoms with Crippen LogP contribution in [0, 0.1) is 12.3 Å². The van der Waals surface area contributed by atoms with Gasteiger partial charge in [0.15, 0.2) is 0 Å². The van der Waals surface area contributed by atoms with Crippen LogP contribution in [0.25, 0.3) is 21.0 Å². The summed E-state index contributed by atoms with van der Waals surface area (Å²) < 4.78 is 1.78. The predicted molar refractivity (Wildman–Crippen MR) is 187 cm³/mol. The normalized spacial score (nSPS) is 19.0. The molecule has 1 radical (unpaired) electrons. The van der Waals surface area contributed by atoms with E-state index in [4.69, 9.17) is 4.98 Å². The highest BCUT2D eigenvalue weighted by molar-refractivity contribution is 7.18. The Balaban J connectivity index is 0.000000428. The van der Waals surface area contributed by atoms with Gasteiger partial charge in [-0.25, -0.2) is 4.98 Å². The summed E-state index contributed by atoms with van der Waals surface area (Å²) in [5.74, 6) is 0.667. The number of unbranched alkanes of at least 4 members (excludes halogenated alkanes) is 1. The minimum atomic E-state index is 0. The zero-order chi connectivity index (χ0) is 29.9. The van der Waals surface area contributed by atoms with Gasteiger partial charge in [0, 0.05) is 12.3 Å². The highest BCUT2D eigenvalue weighted by atomic mass is 32.1. The van der Waals surface area contributed by atoms with Gasteiger partial charge in [-0.3, -0.25) is 9.36 Å². The summed E-state index contributed by atoms with van der Waals surface area (Å²) in [7, 11) is 0. The van der Waals surface area contributed by atoms with Gasteiger partial charge in [-0.15, -0.1) is 17.9 Å². The van der Waals surface area contributed by atoms with Crippen LogP contribution in [0.3, 0.4) is 0 Å². The van der Waals surface area contributed by atoms with Crippen LogP contribution in [0.5, 0.6) is 0 Å². The molecule has 43 heavy (non-hydrogen) atoms. The zero-order valence-corrected chi connectivity index (χ0v) is 26.2. The van der Waals surface area contributed by atoms with Crippen molar-refractivity contribution in [3.05, 3.63) is 131 Å². The number of hydrogen-bond donors (Lipinski definition) is 1. The Bertz CT molecular complexity index is 1650. The third-order valence-electron chi connectivity index (χ3n) is 8.35. The van der Waals surface area contributed by atoms with Crippen LogP contribution in [0.4, 0.5) is 0 Å². The number of nitrogens with one attached hydrogen (secondary N) is 1. The fourth-order valence-corrected chi connectivity index (χ4v) is 7.23. The van der Waals surface area contributed by atoms with Crippen molar-refractivity contribution in [2.75, 3.05) is 6.54 Å². The molecule has 0 amide bonds. The largest absolute Gasteiger partial charge is 0.313 e. The van der Waals surface area contributed by atoms with E-state index >= 15 is 0 Å². The van der Waals surface area contributed by atoms with Gasteiger partial charge in [0.2, 0.25) is 0 Å². The molecular formula is C38H46N3OS. The third kappa shape index (κ3) is 8.31. The topological polar surface area (TPSA) is 46.9 Å². The monoisotopic (exact) mass is 592 g/mol. The molecule has 225 valence electrons. The van der Waals surface area contributed by atoms with Crippen molar-refractivity contribution < 1.29 is 1.43 Å². The number of hydrogen-bond acceptors (Lipinski definition) is 4. The average Bonchev–Trinajstić information content (AvgIpc) is 3.38. The van der Waals surface area contributed by atoms with Crippen molar-refractivity contribution in [2.24, 2.45) is 5.92 Å². The first kappa shape index (κ1) is 30.9. The lowest BCUT2D eigenvalue weighted by Crippen LogP contribution is -2.37. The molecule has 1 N–H and O–H groups in total. The molecule has 4 aromatic rings. The molecule has 0 spiro atoms. The quantitative estimate of drug-likeness (QED) is 0.187. The van der Waals surface area contributed by atoms with Crippen molar-refractivity contribution >= 4 is 32.3 Å². The van der Waals surface area contributed by atoms with Gasteiger partial charge in [-0.05, 0) is 85.4 Å². The van der Waals surface area contributed by atoms with E-state index in [2.05, 4.69) is 92.0 Å². The lowest BCUT2D eigenvalue weighted by Gasteiger charge is -2.26. The molecule has 2 aromatic carbocycles. The van der Waals surface area contributed by atoms with E-state index in [0.717, 1.165) is 54.4 Å². The number of allylic oxidation sites excluding steroid dienone is 7. The SMILES string of the molecule is C=CCC(CCCC)CNC1CCc2c(sc3ncn(Cc4ccc5ccccc5c4)c(=O)c23)C1.[CH]1\C=C/C=C\C=C/C1.[HH]. The predicted octanol–water partition coefficient (Wildman–Crippen LogP) is 9.00. The van der Waals surface area contributed by atoms with Crippen molar-refractivity contribution in [1.82, 2.24) is 14.9 Å². The minimum absolute atomic E-state index is 0. The van der Waals surface area contributed by atoms with E-state index in [-0.39, 0.29) is 6.99 Å². The summed E-state index contributed by atoms with van der Waals surface area (Å²) in [5.41, 5.74) is 2.46. The van der Waals surface area contributed by atoms with Crippen LogP contribution in [-0.4, -0.2) is 22.1 Å². The molecule has 6 rings (SSSR count). The molecule has 5 heteroatoms. The third-order valence-corrected chi connectivity index (χ3v) is 9.51. The maximum Gasteiger partial charge on any atom is 0.262 e. The van der Waals surface area contributed by atoms with Crippen LogP contribution in [0.1, 0.15) is 62.9 Å². The first-order valence-corrected chi connectivity index (χ1v) is 16.6. The van der Waals surface area contributed by atoms with Crippen LogP contribution in [0.2, 0.25) is 0 Å². The Morgan fingerprint density at radius 2 is 1.98 bits per heavy atom. The molecule has 0 fully saturated rings. The first-order valence-electron chi connectivity index (χ1n) is 15.8. The van der Waals surface area contributed by atoms with Crippen LogP contribution in [-0.2, 0) is 19.4 Å². The standard InChI is InChI=1S/C30H35N3OS.C8H9.H2/c1-3-5-9-21(8-4-2)18-31-25-14-15-26-27(17-25)35-29-28(26)30(34)33(20-32-29)19-22-12-13-23-10-6-7-11-24(23)16-22;1-2-4-6-8-7-5-3-1;/h4,6-7,10-13,16,20-21,25,31H,2-3,5,8-9,14-15,17-19H2,1H3;1-7H,8H2;1H/b;2-1-,5-3-,6-4-;. The number of aromatic nitrogens is 2. The van der Waals surface area contributed by atoms with Gasteiger partial charge in [0.25, 0.3) is 5.56 Å². The summed E-state index contributed by atoms with van der Waals surface area (Å²) in [6, 6.07) is 15.2. The van der Waals surface area contributed by atoms with Crippen LogP contribution >= 0.6 is 11.3 Å². The summed E-state index contributed by atoms with van der Waals surface area (Å²) in [6.07, 6.45) is 27.2. The van der Waals surface area contributed by atoms with Gasteiger partial charge in [-0.2, -0.15) is 0 Å². The van der Waals surface area contributed by atoms with E-state index in [1.807, 2.05) is 18.2 Å². The summed E-state index contributed by atoms with van der Waals surface area (Å²) in [5, 5.41) is 7.09. The minimum Gasteiger partial charge on any atom is -0.313 e. The molecule has 2 aliphatic carbocycles. The lowest BCUT2D eigenvalue weighted by molar-refractivity contribution is 0.381. The number of benzene rings is 2. The zero-order valence-electron chi connectivity index (χ0n) is 25.4. The fourth-order valence-electron chi connectivity index (χ4n) is 5.97. The summed E-state index contributed by atoms with van der Waals surface area (Å²) >= 11 is 1.71. The number of fused-ring (bicyclic) bond motifs is 4. The van der Waals surface area contributed by atoms with Gasteiger partial charge < -0.3 is 5.32 Å². The molecular weight excluding hydrogens is 547 g/mol. The van der Waals surface area contributed by atoms with E-state index in [0.29, 0.717) is 18.5 Å². The molecule has 2 aromatic heterocycles. The van der Waals surface area contributed by atoms with E-state index in [1.165, 1.54) is 40.5 Å². The van der Waals surface area contributed by atoms with Crippen molar-refractivity contribution in [3.8, 4) is 0 Å². The Morgan fingerprint density at radius 3 is 2.84 bits per heavy atom. The molecule has 2 aliphatic rings. The molecule has 0 saturated carbocycles. The maximum atomic E-state index is 13.5. The van der Waals surface area contributed by atoms with Crippen molar-refractivity contribution in [3.63, 3.8) is 0 Å². The second-order valence-electron chi connectivity index (χ2n) is 11.6. The fraction of sp³-hybridized carbons (Fsp3) is 0.342. The van der Waals surface area contributed by atoms with Crippen LogP contribution in [0.15, 0.2) is 103 Å². The van der Waals surface area contributed by atoms with Crippen molar-refractivity contribution in [2.45, 2.75) is 70.9 Å². The summed E-state index contributed by atoms with van der Waals surface area (Å²) in [4.78, 5) is 20.4. The average molecular weight is 593 g/mol.